The third kappa shape index (κ3) is 2.81. The predicted octanol–water partition coefficient (Wildman–Crippen LogP) is 0.903. The van der Waals surface area contributed by atoms with Gasteiger partial charge < -0.3 is 4.90 Å². The van der Waals surface area contributed by atoms with Crippen molar-refractivity contribution in [2.45, 2.75) is 36.6 Å². The van der Waals surface area contributed by atoms with E-state index in [0.717, 1.165) is 31.0 Å². The minimum Gasteiger partial charge on any atom is -0.330 e. The number of benzene rings is 1. The molecule has 0 radical (unpaired) electrons. The zero-order valence-corrected chi connectivity index (χ0v) is 14.1. The number of sulfonamides is 1. The lowest BCUT2D eigenvalue weighted by Gasteiger charge is -2.37. The number of piperazine rings is 1. The number of fused-ring (bicyclic) bond motifs is 2. The van der Waals surface area contributed by atoms with E-state index in [1.165, 1.54) is 49.9 Å². The summed E-state index contributed by atoms with van der Waals surface area (Å²) in [5.74, 6) is 1.39. The zero-order valence-electron chi connectivity index (χ0n) is 13.2. The van der Waals surface area contributed by atoms with Gasteiger partial charge >= 0.3 is 0 Å². The lowest BCUT2D eigenvalue weighted by atomic mass is 9.93. The summed E-state index contributed by atoms with van der Waals surface area (Å²) in [4.78, 5) is 1.80. The predicted molar refractivity (Wildman–Crippen MR) is 85.1 cm³/mol. The van der Waals surface area contributed by atoms with Crippen LogP contribution < -0.4 is 4.90 Å². The highest BCUT2D eigenvalue weighted by atomic mass is 32.2. The van der Waals surface area contributed by atoms with Crippen molar-refractivity contribution in [1.82, 2.24) is 4.31 Å². The molecule has 3 atom stereocenters. The fourth-order valence-corrected chi connectivity index (χ4v) is 6.33. The van der Waals surface area contributed by atoms with Gasteiger partial charge in [0.25, 0.3) is 0 Å². The van der Waals surface area contributed by atoms with Crippen molar-refractivity contribution >= 4 is 10.0 Å². The quantitative estimate of drug-likeness (QED) is 0.889. The lowest BCUT2D eigenvalue weighted by molar-refractivity contribution is -0.932. The highest BCUT2D eigenvalue weighted by Crippen LogP contribution is 2.43. The van der Waals surface area contributed by atoms with E-state index in [4.69, 9.17) is 0 Å². The largest absolute Gasteiger partial charge is 0.330 e. The van der Waals surface area contributed by atoms with Crippen LogP contribution in [-0.4, -0.2) is 44.9 Å². The van der Waals surface area contributed by atoms with Crippen molar-refractivity contribution in [2.75, 3.05) is 26.2 Å². The van der Waals surface area contributed by atoms with Gasteiger partial charge in [0.1, 0.15) is 5.82 Å². The Morgan fingerprint density at radius 3 is 2.30 bits per heavy atom. The molecular weight excluding hydrogens is 315 g/mol. The van der Waals surface area contributed by atoms with Crippen LogP contribution in [0, 0.1) is 17.7 Å². The first-order valence-electron chi connectivity index (χ1n) is 8.64. The summed E-state index contributed by atoms with van der Waals surface area (Å²) in [7, 11) is -3.48. The first kappa shape index (κ1) is 15.5. The zero-order chi connectivity index (χ0) is 16.0. The van der Waals surface area contributed by atoms with Crippen molar-refractivity contribution < 1.29 is 17.7 Å². The molecule has 1 aliphatic heterocycles. The Bertz CT molecular complexity index is 668. The minimum atomic E-state index is -3.48. The highest BCUT2D eigenvalue weighted by molar-refractivity contribution is 7.89. The third-order valence-electron chi connectivity index (χ3n) is 6.08. The van der Waals surface area contributed by atoms with Crippen LogP contribution in [-0.2, 0) is 10.0 Å². The Morgan fingerprint density at radius 2 is 1.74 bits per heavy atom. The molecule has 0 amide bonds. The molecule has 1 saturated heterocycles. The fraction of sp³-hybridized carbons (Fsp3) is 0.647. The number of hydrogen-bond donors (Lipinski definition) is 1. The van der Waals surface area contributed by atoms with Crippen molar-refractivity contribution in [3.63, 3.8) is 0 Å². The molecule has 0 aromatic heterocycles. The van der Waals surface area contributed by atoms with Crippen LogP contribution in [0.3, 0.4) is 0 Å². The summed E-state index contributed by atoms with van der Waals surface area (Å²) < 4.78 is 39.9. The molecule has 4 nitrogen and oxygen atoms in total. The second-order valence-corrected chi connectivity index (χ2v) is 9.24. The minimum absolute atomic E-state index is 0.197. The number of hydrogen-bond acceptors (Lipinski definition) is 2. The van der Waals surface area contributed by atoms with E-state index in [2.05, 4.69) is 0 Å². The standard InChI is InChI=1S/C17H23FN2O2S/c18-15-3-5-16(6-4-15)23(21,22)20-9-7-19(8-10-20)17-12-13-1-2-14(17)11-13/h3-6,13-14,17H,1-2,7-12H2/p+1/t13-,14+,17+/m1/s1. The highest BCUT2D eigenvalue weighted by Gasteiger charge is 2.46. The van der Waals surface area contributed by atoms with Gasteiger partial charge in [-0.1, -0.05) is 0 Å². The summed E-state index contributed by atoms with van der Waals surface area (Å²) in [6, 6.07) is 5.90. The Balaban J connectivity index is 1.42. The molecule has 2 bridgehead atoms. The lowest BCUT2D eigenvalue weighted by Crippen LogP contribution is -3.18. The average Bonchev–Trinajstić information content (AvgIpc) is 3.18. The normalized spacial score (nSPS) is 32.5. The van der Waals surface area contributed by atoms with E-state index >= 15 is 0 Å². The molecule has 2 saturated carbocycles. The fourth-order valence-electron chi connectivity index (χ4n) is 4.88. The maximum Gasteiger partial charge on any atom is 0.243 e. The molecule has 3 fully saturated rings. The van der Waals surface area contributed by atoms with Gasteiger partial charge in [-0.05, 0) is 49.4 Å². The molecule has 3 aliphatic rings. The van der Waals surface area contributed by atoms with E-state index in [0.29, 0.717) is 13.1 Å². The van der Waals surface area contributed by atoms with E-state index in [-0.39, 0.29) is 4.90 Å². The van der Waals surface area contributed by atoms with Crippen molar-refractivity contribution in [3.8, 4) is 0 Å². The van der Waals surface area contributed by atoms with Crippen LogP contribution in [0.1, 0.15) is 25.7 Å². The van der Waals surface area contributed by atoms with Crippen LogP contribution >= 0.6 is 0 Å². The summed E-state index contributed by atoms with van der Waals surface area (Å²) in [6.45, 7) is 2.94. The van der Waals surface area contributed by atoms with Gasteiger partial charge in [-0.2, -0.15) is 4.31 Å². The topological polar surface area (TPSA) is 41.8 Å². The number of nitrogens with zero attached hydrogens (tertiary/aromatic N) is 1. The molecular formula is C17H24FN2O2S+. The molecule has 1 aromatic rings. The maximum atomic E-state index is 13.0. The Hall–Kier alpha value is -0.980. The van der Waals surface area contributed by atoms with Gasteiger partial charge in [-0.25, -0.2) is 12.8 Å². The maximum absolute atomic E-state index is 13.0. The molecule has 2 aliphatic carbocycles. The Kier molecular flexibility index (Phi) is 3.94. The average molecular weight is 339 g/mol. The van der Waals surface area contributed by atoms with Crippen LogP contribution in [0.4, 0.5) is 4.39 Å². The number of nitrogens with one attached hydrogen (secondary N) is 1. The van der Waals surface area contributed by atoms with Crippen LogP contribution in [0.5, 0.6) is 0 Å². The van der Waals surface area contributed by atoms with Gasteiger partial charge in [-0.3, -0.25) is 0 Å². The van der Waals surface area contributed by atoms with Gasteiger partial charge in [0.15, 0.2) is 0 Å². The number of rotatable bonds is 3. The van der Waals surface area contributed by atoms with Crippen LogP contribution in [0.15, 0.2) is 29.2 Å². The summed E-state index contributed by atoms with van der Waals surface area (Å²) in [5.41, 5.74) is 0. The molecule has 4 rings (SSSR count). The summed E-state index contributed by atoms with van der Waals surface area (Å²) in [5, 5.41) is 0. The summed E-state index contributed by atoms with van der Waals surface area (Å²) >= 11 is 0. The molecule has 1 heterocycles. The van der Waals surface area contributed by atoms with Gasteiger partial charge in [0.2, 0.25) is 10.0 Å². The van der Waals surface area contributed by atoms with E-state index in [1.807, 2.05) is 0 Å². The SMILES string of the molecule is O=S(=O)(c1ccc(F)cc1)N1CC[NH+]([C@H]2C[C@@H]3CC[C@H]2C3)CC1. The first-order chi connectivity index (χ1) is 11.0. The first-order valence-corrected chi connectivity index (χ1v) is 10.1. The smallest absolute Gasteiger partial charge is 0.243 e. The van der Waals surface area contributed by atoms with E-state index < -0.39 is 15.8 Å². The van der Waals surface area contributed by atoms with Gasteiger partial charge in [0.05, 0.1) is 37.1 Å². The van der Waals surface area contributed by atoms with Crippen molar-refractivity contribution in [3.05, 3.63) is 30.1 Å². The van der Waals surface area contributed by atoms with Gasteiger partial charge in [0, 0.05) is 12.3 Å². The monoisotopic (exact) mass is 339 g/mol. The number of halogens is 1. The number of quaternary nitrogens is 1. The molecule has 126 valence electrons. The second-order valence-electron chi connectivity index (χ2n) is 7.30. The van der Waals surface area contributed by atoms with Crippen LogP contribution in [0.25, 0.3) is 0 Å². The summed E-state index contributed by atoms with van der Waals surface area (Å²) in [6.07, 6.45) is 5.51. The van der Waals surface area contributed by atoms with Crippen LogP contribution in [0.2, 0.25) is 0 Å². The third-order valence-corrected chi connectivity index (χ3v) is 7.99. The molecule has 0 unspecified atom stereocenters. The van der Waals surface area contributed by atoms with Crippen molar-refractivity contribution in [1.29, 1.82) is 0 Å². The van der Waals surface area contributed by atoms with Gasteiger partial charge in [-0.15, -0.1) is 0 Å². The van der Waals surface area contributed by atoms with Crippen molar-refractivity contribution in [2.24, 2.45) is 11.8 Å². The molecule has 23 heavy (non-hydrogen) atoms. The Labute approximate surface area is 137 Å². The second kappa shape index (κ2) is 5.83. The molecule has 1 N–H and O–H groups in total. The molecule has 1 aromatic carbocycles. The molecule has 6 heteroatoms. The molecule has 0 spiro atoms. The van der Waals surface area contributed by atoms with E-state index in [1.54, 1.807) is 9.21 Å². The Morgan fingerprint density at radius 1 is 1.04 bits per heavy atom. The van der Waals surface area contributed by atoms with E-state index in [9.17, 15) is 12.8 Å².